The molecule has 0 amide bonds. The Balaban J connectivity index is 2.28. The van der Waals surface area contributed by atoms with E-state index in [0.29, 0.717) is 11.9 Å². The van der Waals surface area contributed by atoms with Crippen molar-refractivity contribution in [1.82, 2.24) is 9.97 Å². The van der Waals surface area contributed by atoms with Crippen molar-refractivity contribution < 1.29 is 9.90 Å². The Kier molecular flexibility index (Phi) is 2.77. The number of aliphatic carboxylic acids is 1. The molecular formula is C11H15N3O2. The summed E-state index contributed by atoms with van der Waals surface area (Å²) in [6.07, 6.45) is 3.57. The van der Waals surface area contributed by atoms with Crippen molar-refractivity contribution in [3.05, 3.63) is 18.1 Å². The van der Waals surface area contributed by atoms with Crippen molar-refractivity contribution in [2.24, 2.45) is 0 Å². The molecule has 1 saturated carbocycles. The van der Waals surface area contributed by atoms with Gasteiger partial charge >= 0.3 is 5.97 Å². The van der Waals surface area contributed by atoms with E-state index in [1.165, 1.54) is 6.33 Å². The molecule has 0 spiro atoms. The molecule has 1 heterocycles. The summed E-state index contributed by atoms with van der Waals surface area (Å²) in [6, 6.07) is 1.61. The van der Waals surface area contributed by atoms with Crippen molar-refractivity contribution in [1.29, 1.82) is 0 Å². The van der Waals surface area contributed by atoms with Gasteiger partial charge in [0, 0.05) is 17.8 Å². The first-order chi connectivity index (χ1) is 7.59. The number of carboxylic acid groups (broad SMARTS) is 1. The maximum Gasteiger partial charge on any atom is 0.326 e. The molecule has 0 aliphatic heterocycles. The van der Waals surface area contributed by atoms with E-state index >= 15 is 0 Å². The van der Waals surface area contributed by atoms with Gasteiger partial charge < -0.3 is 10.0 Å². The first kappa shape index (κ1) is 10.9. The fourth-order valence-corrected chi connectivity index (χ4v) is 1.76. The van der Waals surface area contributed by atoms with Crippen LogP contribution in [0.2, 0.25) is 0 Å². The molecule has 1 aliphatic rings. The van der Waals surface area contributed by atoms with E-state index in [-0.39, 0.29) is 0 Å². The highest BCUT2D eigenvalue weighted by Crippen LogP contribution is 2.32. The zero-order valence-electron chi connectivity index (χ0n) is 9.42. The van der Waals surface area contributed by atoms with Crippen LogP contribution >= 0.6 is 0 Å². The first-order valence-electron chi connectivity index (χ1n) is 5.39. The van der Waals surface area contributed by atoms with Gasteiger partial charge in [0.25, 0.3) is 0 Å². The van der Waals surface area contributed by atoms with Crippen molar-refractivity contribution in [2.45, 2.75) is 38.8 Å². The Bertz CT molecular complexity index is 404. The van der Waals surface area contributed by atoms with Gasteiger partial charge in [-0.2, -0.15) is 0 Å². The zero-order chi connectivity index (χ0) is 11.7. The van der Waals surface area contributed by atoms with E-state index in [1.54, 1.807) is 6.92 Å². The molecule has 16 heavy (non-hydrogen) atoms. The summed E-state index contributed by atoms with van der Waals surface area (Å²) >= 11 is 0. The molecule has 1 fully saturated rings. The van der Waals surface area contributed by atoms with Gasteiger partial charge in [-0.1, -0.05) is 0 Å². The maximum atomic E-state index is 11.0. The molecule has 0 saturated heterocycles. The Labute approximate surface area is 94.1 Å². The second-order valence-electron chi connectivity index (χ2n) is 4.17. The van der Waals surface area contributed by atoms with Crippen molar-refractivity contribution in [3.63, 3.8) is 0 Å². The Morgan fingerprint density at radius 1 is 1.56 bits per heavy atom. The number of hydrogen-bond acceptors (Lipinski definition) is 4. The molecular weight excluding hydrogens is 206 g/mol. The van der Waals surface area contributed by atoms with E-state index in [9.17, 15) is 4.79 Å². The summed E-state index contributed by atoms with van der Waals surface area (Å²) in [4.78, 5) is 21.1. The number of hydrogen-bond donors (Lipinski definition) is 1. The molecule has 5 heteroatoms. The zero-order valence-corrected chi connectivity index (χ0v) is 9.42. The third kappa shape index (κ3) is 2.13. The highest BCUT2D eigenvalue weighted by molar-refractivity contribution is 5.77. The van der Waals surface area contributed by atoms with Crippen LogP contribution in [0.1, 0.15) is 25.5 Å². The number of nitrogens with zero attached hydrogens (tertiary/aromatic N) is 3. The first-order valence-corrected chi connectivity index (χ1v) is 5.39. The third-order valence-corrected chi connectivity index (χ3v) is 2.77. The minimum absolute atomic E-state index is 0.320. The fraction of sp³-hybridized carbons (Fsp3) is 0.545. The smallest absolute Gasteiger partial charge is 0.326 e. The van der Waals surface area contributed by atoms with Gasteiger partial charge in [-0.15, -0.1) is 0 Å². The highest BCUT2D eigenvalue weighted by Gasteiger charge is 2.35. The summed E-state index contributed by atoms with van der Waals surface area (Å²) < 4.78 is 0. The van der Waals surface area contributed by atoms with Gasteiger partial charge in [0.2, 0.25) is 0 Å². The molecule has 1 N–H and O–H groups in total. The van der Waals surface area contributed by atoms with Crippen LogP contribution in [0.3, 0.4) is 0 Å². The molecule has 1 aliphatic carbocycles. The summed E-state index contributed by atoms with van der Waals surface area (Å²) in [7, 11) is 0. The summed E-state index contributed by atoms with van der Waals surface area (Å²) in [5.74, 6) is -0.104. The van der Waals surface area contributed by atoms with Gasteiger partial charge in [-0.05, 0) is 26.7 Å². The van der Waals surface area contributed by atoms with Crippen LogP contribution in [0.4, 0.5) is 5.82 Å². The normalized spacial score (nSPS) is 16.9. The van der Waals surface area contributed by atoms with Crippen molar-refractivity contribution >= 4 is 11.8 Å². The lowest BCUT2D eigenvalue weighted by atomic mass is 10.2. The van der Waals surface area contributed by atoms with Gasteiger partial charge in [0.05, 0.1) is 0 Å². The number of aryl methyl sites for hydroxylation is 1. The quantitative estimate of drug-likeness (QED) is 0.828. The molecule has 86 valence electrons. The summed E-state index contributed by atoms with van der Waals surface area (Å²) in [6.45, 7) is 3.57. The van der Waals surface area contributed by atoms with Gasteiger partial charge in [-0.25, -0.2) is 14.8 Å². The lowest BCUT2D eigenvalue weighted by molar-refractivity contribution is -0.138. The number of rotatable bonds is 4. The largest absolute Gasteiger partial charge is 0.480 e. The van der Waals surface area contributed by atoms with E-state index in [4.69, 9.17) is 5.11 Å². The number of carboxylic acids is 1. The second-order valence-corrected chi connectivity index (χ2v) is 4.17. The molecule has 2 rings (SSSR count). The molecule has 1 atom stereocenters. The summed E-state index contributed by atoms with van der Waals surface area (Å²) in [5, 5.41) is 9.07. The van der Waals surface area contributed by atoms with Crippen LogP contribution in [0.25, 0.3) is 0 Å². The minimum atomic E-state index is -0.817. The predicted octanol–water partition coefficient (Wildman–Crippen LogP) is 1.23. The number of carbonyl (C=O) groups is 1. The Morgan fingerprint density at radius 2 is 2.25 bits per heavy atom. The lowest BCUT2D eigenvalue weighted by Gasteiger charge is -2.27. The molecule has 5 nitrogen and oxygen atoms in total. The Hall–Kier alpha value is -1.65. The predicted molar refractivity (Wildman–Crippen MR) is 59.4 cm³/mol. The van der Waals surface area contributed by atoms with Crippen molar-refractivity contribution in [3.8, 4) is 0 Å². The molecule has 1 aromatic rings. The molecule has 0 bridgehead atoms. The van der Waals surface area contributed by atoms with Crippen LogP contribution in [0, 0.1) is 6.92 Å². The standard InChI is InChI=1S/C11H15N3O2/c1-7-5-10(13-6-12-7)14(9-3-4-9)8(2)11(15)16/h5-6,8-9H,3-4H2,1-2H3,(H,15,16). The minimum Gasteiger partial charge on any atom is -0.480 e. The molecule has 0 radical (unpaired) electrons. The van der Waals surface area contributed by atoms with E-state index in [2.05, 4.69) is 9.97 Å². The van der Waals surface area contributed by atoms with Crippen LogP contribution < -0.4 is 4.90 Å². The van der Waals surface area contributed by atoms with Crippen molar-refractivity contribution in [2.75, 3.05) is 4.90 Å². The van der Waals surface area contributed by atoms with E-state index in [0.717, 1.165) is 18.5 Å². The fourth-order valence-electron chi connectivity index (χ4n) is 1.76. The van der Waals surface area contributed by atoms with Crippen LogP contribution in [-0.4, -0.2) is 33.1 Å². The SMILES string of the molecule is Cc1cc(N(C2CC2)C(C)C(=O)O)ncn1. The second kappa shape index (κ2) is 4.08. The van der Waals surface area contributed by atoms with Gasteiger partial charge in [0.1, 0.15) is 18.2 Å². The Morgan fingerprint density at radius 3 is 2.75 bits per heavy atom. The topological polar surface area (TPSA) is 66.3 Å². The lowest BCUT2D eigenvalue weighted by Crippen LogP contribution is -2.41. The molecule has 1 unspecified atom stereocenters. The van der Waals surface area contributed by atoms with Gasteiger partial charge in [-0.3, -0.25) is 0 Å². The summed E-state index contributed by atoms with van der Waals surface area (Å²) in [5.41, 5.74) is 0.855. The third-order valence-electron chi connectivity index (χ3n) is 2.77. The van der Waals surface area contributed by atoms with Crippen LogP contribution in [0.5, 0.6) is 0 Å². The number of aromatic nitrogens is 2. The number of anilines is 1. The average molecular weight is 221 g/mol. The maximum absolute atomic E-state index is 11.0. The van der Waals surface area contributed by atoms with E-state index in [1.807, 2.05) is 17.9 Å². The highest BCUT2D eigenvalue weighted by atomic mass is 16.4. The van der Waals surface area contributed by atoms with Crippen LogP contribution in [0.15, 0.2) is 12.4 Å². The van der Waals surface area contributed by atoms with Crippen LogP contribution in [-0.2, 0) is 4.79 Å². The van der Waals surface area contributed by atoms with E-state index < -0.39 is 12.0 Å². The molecule has 0 aromatic carbocycles. The van der Waals surface area contributed by atoms with Gasteiger partial charge in [0.15, 0.2) is 0 Å². The average Bonchev–Trinajstić information content (AvgIpc) is 3.02. The monoisotopic (exact) mass is 221 g/mol. The molecule has 1 aromatic heterocycles.